The minimum Gasteiger partial charge on any atom is -0.492 e. The Bertz CT molecular complexity index is 795. The van der Waals surface area contributed by atoms with E-state index in [9.17, 15) is 4.79 Å². The number of piperidine rings is 1. The Morgan fingerprint density at radius 2 is 1.93 bits per heavy atom. The number of para-hydroxylation sites is 2. The number of benzene rings is 1. The number of hydrogen-bond donors (Lipinski definition) is 2. The molecule has 3 rings (SSSR count). The van der Waals surface area contributed by atoms with Gasteiger partial charge in [-0.1, -0.05) is 12.1 Å². The second kappa shape index (κ2) is 9.72. The molecule has 0 aliphatic carbocycles. The minimum atomic E-state index is -0.369. The lowest BCUT2D eigenvalue weighted by atomic mass is 10.1. The number of rotatable bonds is 7. The number of nitrogens with zero attached hydrogens (tertiary/aromatic N) is 4. The van der Waals surface area contributed by atoms with Crippen LogP contribution in [0.5, 0.6) is 11.8 Å². The van der Waals surface area contributed by atoms with Crippen LogP contribution in [0.4, 0.5) is 16.4 Å². The van der Waals surface area contributed by atoms with Gasteiger partial charge in [-0.25, -0.2) is 4.79 Å². The molecule has 2 aromatic rings. The van der Waals surface area contributed by atoms with Crippen molar-refractivity contribution in [2.75, 3.05) is 37.0 Å². The van der Waals surface area contributed by atoms with Gasteiger partial charge in [0, 0.05) is 13.1 Å². The highest BCUT2D eigenvalue weighted by atomic mass is 16.5. The quantitative estimate of drug-likeness (QED) is 0.754. The molecule has 2 amide bonds. The van der Waals surface area contributed by atoms with E-state index in [4.69, 9.17) is 9.47 Å². The van der Waals surface area contributed by atoms with Gasteiger partial charge < -0.3 is 25.0 Å². The third-order valence-corrected chi connectivity index (χ3v) is 4.31. The van der Waals surface area contributed by atoms with Crippen LogP contribution in [0.15, 0.2) is 24.3 Å². The summed E-state index contributed by atoms with van der Waals surface area (Å²) in [5.41, 5.74) is 0.601. The predicted molar refractivity (Wildman–Crippen MR) is 106 cm³/mol. The Labute approximate surface area is 164 Å². The van der Waals surface area contributed by atoms with Crippen LogP contribution in [0, 0.1) is 0 Å². The number of carbonyl (C=O) groups is 1. The number of aromatic nitrogens is 3. The predicted octanol–water partition coefficient (Wildman–Crippen LogP) is 2.59. The fourth-order valence-electron chi connectivity index (χ4n) is 2.97. The lowest BCUT2D eigenvalue weighted by molar-refractivity contribution is 0.251. The van der Waals surface area contributed by atoms with E-state index in [0.717, 1.165) is 25.9 Å². The Kier molecular flexibility index (Phi) is 6.83. The molecule has 0 atom stereocenters. The summed E-state index contributed by atoms with van der Waals surface area (Å²) in [6.45, 7) is 4.39. The van der Waals surface area contributed by atoms with Crippen molar-refractivity contribution in [2.24, 2.45) is 0 Å². The molecule has 0 spiro atoms. The van der Waals surface area contributed by atoms with Gasteiger partial charge in [0.1, 0.15) is 5.75 Å². The van der Waals surface area contributed by atoms with E-state index in [2.05, 4.69) is 30.5 Å². The SMILES string of the molecule is CCOc1ccccc1NC(=O)NCc1nc(OC)nc(N2CCCCC2)n1. The summed E-state index contributed by atoms with van der Waals surface area (Å²) in [4.78, 5) is 27.5. The molecule has 28 heavy (non-hydrogen) atoms. The minimum absolute atomic E-state index is 0.155. The van der Waals surface area contributed by atoms with Crippen molar-refractivity contribution >= 4 is 17.7 Å². The van der Waals surface area contributed by atoms with Gasteiger partial charge in [0.2, 0.25) is 5.95 Å². The summed E-state index contributed by atoms with van der Waals surface area (Å²) in [6.07, 6.45) is 3.45. The first-order valence-electron chi connectivity index (χ1n) is 9.50. The van der Waals surface area contributed by atoms with Crippen molar-refractivity contribution in [1.82, 2.24) is 20.3 Å². The van der Waals surface area contributed by atoms with Crippen LogP contribution >= 0.6 is 0 Å². The van der Waals surface area contributed by atoms with E-state index < -0.39 is 0 Å². The molecule has 1 aliphatic heterocycles. The van der Waals surface area contributed by atoms with E-state index in [1.54, 1.807) is 12.1 Å². The summed E-state index contributed by atoms with van der Waals surface area (Å²) in [5.74, 6) is 1.65. The maximum absolute atomic E-state index is 12.3. The number of methoxy groups -OCH3 is 1. The molecular weight excluding hydrogens is 360 g/mol. The maximum Gasteiger partial charge on any atom is 0.321 e. The molecule has 150 valence electrons. The second-order valence-electron chi connectivity index (χ2n) is 6.32. The summed E-state index contributed by atoms with van der Waals surface area (Å²) in [7, 11) is 1.52. The number of hydrogen-bond acceptors (Lipinski definition) is 7. The van der Waals surface area contributed by atoms with Gasteiger partial charge in [0.15, 0.2) is 5.82 Å². The number of anilines is 2. The third kappa shape index (κ3) is 5.21. The summed E-state index contributed by atoms with van der Waals surface area (Å²) >= 11 is 0. The summed E-state index contributed by atoms with van der Waals surface area (Å²) in [6, 6.07) is 7.15. The third-order valence-electron chi connectivity index (χ3n) is 4.31. The first kappa shape index (κ1) is 19.7. The largest absolute Gasteiger partial charge is 0.492 e. The first-order valence-corrected chi connectivity index (χ1v) is 9.50. The van der Waals surface area contributed by atoms with Crippen molar-refractivity contribution < 1.29 is 14.3 Å². The van der Waals surface area contributed by atoms with Crippen molar-refractivity contribution in [3.63, 3.8) is 0 Å². The monoisotopic (exact) mass is 386 g/mol. The fourth-order valence-corrected chi connectivity index (χ4v) is 2.97. The van der Waals surface area contributed by atoms with Gasteiger partial charge in [0.05, 0.1) is 25.9 Å². The average molecular weight is 386 g/mol. The van der Waals surface area contributed by atoms with Crippen LogP contribution in [-0.4, -0.2) is 47.8 Å². The highest BCUT2D eigenvalue weighted by molar-refractivity contribution is 5.90. The van der Waals surface area contributed by atoms with Gasteiger partial charge in [0.25, 0.3) is 0 Å². The van der Waals surface area contributed by atoms with Crippen LogP contribution < -0.4 is 25.0 Å². The van der Waals surface area contributed by atoms with E-state index in [-0.39, 0.29) is 18.6 Å². The molecule has 9 heteroatoms. The molecule has 0 saturated carbocycles. The number of carbonyl (C=O) groups excluding carboxylic acids is 1. The van der Waals surface area contributed by atoms with Crippen LogP contribution in [0.2, 0.25) is 0 Å². The first-order chi connectivity index (χ1) is 13.7. The Morgan fingerprint density at radius 1 is 1.14 bits per heavy atom. The van der Waals surface area contributed by atoms with Gasteiger partial charge in [-0.15, -0.1) is 0 Å². The molecule has 1 aliphatic rings. The second-order valence-corrected chi connectivity index (χ2v) is 6.32. The van der Waals surface area contributed by atoms with Crippen LogP contribution in [0.1, 0.15) is 32.0 Å². The lowest BCUT2D eigenvalue weighted by Crippen LogP contribution is -2.32. The van der Waals surface area contributed by atoms with Gasteiger partial charge >= 0.3 is 12.0 Å². The molecule has 1 saturated heterocycles. The highest BCUT2D eigenvalue weighted by Gasteiger charge is 2.17. The average Bonchev–Trinajstić information content (AvgIpc) is 2.74. The number of ether oxygens (including phenoxy) is 2. The molecule has 1 aromatic carbocycles. The van der Waals surface area contributed by atoms with E-state index in [1.165, 1.54) is 13.5 Å². The number of nitrogens with one attached hydrogen (secondary N) is 2. The normalized spacial score (nSPS) is 13.7. The molecule has 9 nitrogen and oxygen atoms in total. The molecule has 2 N–H and O–H groups in total. The van der Waals surface area contributed by atoms with Crippen molar-refractivity contribution in [1.29, 1.82) is 0 Å². The topological polar surface area (TPSA) is 102 Å². The van der Waals surface area contributed by atoms with Crippen LogP contribution in [0.25, 0.3) is 0 Å². The summed E-state index contributed by atoms with van der Waals surface area (Å²) in [5, 5.41) is 5.55. The Balaban J connectivity index is 1.64. The van der Waals surface area contributed by atoms with Crippen LogP contribution in [0.3, 0.4) is 0 Å². The molecule has 0 bridgehead atoms. The van der Waals surface area contributed by atoms with Crippen molar-refractivity contribution in [3.05, 3.63) is 30.1 Å². The molecule has 1 fully saturated rings. The van der Waals surface area contributed by atoms with Gasteiger partial charge in [-0.2, -0.15) is 15.0 Å². The number of urea groups is 1. The fraction of sp³-hybridized carbons (Fsp3) is 0.474. The molecule has 0 radical (unpaired) electrons. The standard InChI is InChI=1S/C19H26N6O3/c1-3-28-15-10-6-5-9-14(15)21-18(26)20-13-16-22-17(24-19(23-16)27-2)25-11-7-4-8-12-25/h5-6,9-10H,3-4,7-8,11-13H2,1-2H3,(H2,20,21,26). The molecule has 0 unspecified atom stereocenters. The van der Waals surface area contributed by atoms with E-state index >= 15 is 0 Å². The lowest BCUT2D eigenvalue weighted by Gasteiger charge is -2.26. The summed E-state index contributed by atoms with van der Waals surface area (Å²) < 4.78 is 10.7. The van der Waals surface area contributed by atoms with E-state index in [1.807, 2.05) is 19.1 Å². The maximum atomic E-state index is 12.3. The smallest absolute Gasteiger partial charge is 0.321 e. The zero-order valence-electron chi connectivity index (χ0n) is 16.3. The van der Waals surface area contributed by atoms with Gasteiger partial charge in [-0.3, -0.25) is 0 Å². The van der Waals surface area contributed by atoms with E-state index in [0.29, 0.717) is 29.8 Å². The van der Waals surface area contributed by atoms with Crippen molar-refractivity contribution in [2.45, 2.75) is 32.7 Å². The molecular formula is C19H26N6O3. The zero-order chi connectivity index (χ0) is 19.8. The number of amides is 2. The van der Waals surface area contributed by atoms with Crippen molar-refractivity contribution in [3.8, 4) is 11.8 Å². The Hall–Kier alpha value is -3.10. The molecule has 1 aromatic heterocycles. The zero-order valence-corrected chi connectivity index (χ0v) is 16.3. The van der Waals surface area contributed by atoms with Gasteiger partial charge in [-0.05, 0) is 38.3 Å². The Morgan fingerprint density at radius 3 is 2.68 bits per heavy atom. The molecule has 2 heterocycles. The van der Waals surface area contributed by atoms with Crippen LogP contribution in [-0.2, 0) is 6.54 Å². The highest BCUT2D eigenvalue weighted by Crippen LogP contribution is 2.23.